The van der Waals surface area contributed by atoms with Crippen molar-refractivity contribution in [2.24, 2.45) is 0 Å². The molecule has 0 fully saturated rings. The fourth-order valence-corrected chi connectivity index (χ4v) is 3.50. The van der Waals surface area contributed by atoms with E-state index in [1.807, 2.05) is 85.0 Å². The number of hydrogen-bond acceptors (Lipinski definition) is 2. The van der Waals surface area contributed by atoms with Gasteiger partial charge in [0.15, 0.2) is 0 Å². The predicted octanol–water partition coefficient (Wildman–Crippen LogP) is 7.65. The van der Waals surface area contributed by atoms with Crippen LogP contribution in [0.1, 0.15) is 33.6 Å². The van der Waals surface area contributed by atoms with Crippen LogP contribution in [0.4, 0.5) is 0 Å². The molecule has 5 heteroatoms. The van der Waals surface area contributed by atoms with E-state index in [-0.39, 0.29) is 0 Å². The molecular formula is C33H28O4Ti. The van der Waals surface area contributed by atoms with Crippen molar-refractivity contribution < 1.29 is 39.8 Å². The fourth-order valence-electron chi connectivity index (χ4n) is 3.50. The topological polar surface area (TPSA) is 74.6 Å². The van der Waals surface area contributed by atoms with Gasteiger partial charge in [-0.15, -0.1) is 12.8 Å². The Morgan fingerprint density at radius 3 is 1.26 bits per heavy atom. The fraction of sp³-hybridized carbons (Fsp3) is 0.0606. The summed E-state index contributed by atoms with van der Waals surface area (Å²) in [6.45, 7) is 0. The molecule has 0 saturated carbocycles. The second-order valence-corrected chi connectivity index (χ2v) is 7.67. The van der Waals surface area contributed by atoms with Crippen LogP contribution >= 0.6 is 0 Å². The second-order valence-electron chi connectivity index (χ2n) is 7.67. The van der Waals surface area contributed by atoms with Gasteiger partial charge in [-0.2, -0.15) is 12.2 Å². The predicted molar refractivity (Wildman–Crippen MR) is 152 cm³/mol. The summed E-state index contributed by atoms with van der Waals surface area (Å²) in [4.78, 5) is 24.9. The van der Waals surface area contributed by atoms with Gasteiger partial charge in [-0.25, -0.2) is 33.9 Å². The van der Waals surface area contributed by atoms with E-state index in [0.29, 0.717) is 11.1 Å². The molecule has 0 heterocycles. The quantitative estimate of drug-likeness (QED) is 0.204. The molecule has 4 aromatic rings. The average Bonchev–Trinajstić information content (AvgIpc) is 3.74. The van der Waals surface area contributed by atoms with Crippen LogP contribution < -0.4 is 0 Å². The van der Waals surface area contributed by atoms with Gasteiger partial charge in [0, 0.05) is 0 Å². The van der Waals surface area contributed by atoms with E-state index in [0.717, 1.165) is 34.4 Å². The first kappa shape index (κ1) is 30.1. The van der Waals surface area contributed by atoms with Gasteiger partial charge in [-0.3, -0.25) is 12.2 Å². The Bertz CT molecular complexity index is 1320. The third-order valence-electron chi connectivity index (χ3n) is 5.21. The summed E-state index contributed by atoms with van der Waals surface area (Å²) in [5.41, 5.74) is 0.719. The van der Waals surface area contributed by atoms with Gasteiger partial charge < -0.3 is 10.2 Å². The number of fused-ring (bicyclic) bond motifs is 2. The first-order valence-electron chi connectivity index (χ1n) is 11.8. The summed E-state index contributed by atoms with van der Waals surface area (Å²) in [6.07, 6.45) is 20.0. The maximum atomic E-state index is 10.8. The molecule has 4 aromatic carbocycles. The molecule has 0 atom stereocenters. The molecule has 0 bridgehead atoms. The van der Waals surface area contributed by atoms with Crippen LogP contribution in [0.3, 0.4) is 0 Å². The van der Waals surface area contributed by atoms with Crippen LogP contribution in [0.25, 0.3) is 21.5 Å². The van der Waals surface area contributed by atoms with Crippen LogP contribution in [-0.4, -0.2) is 27.0 Å². The zero-order chi connectivity index (χ0) is 27.6. The number of hydrogen-bond donors (Lipinski definition) is 2. The number of benzene rings is 4. The Hall–Kier alpha value is -4.12. The molecule has 188 valence electrons. The zero-order valence-corrected chi connectivity index (χ0v) is 22.4. The van der Waals surface area contributed by atoms with E-state index in [4.69, 9.17) is 10.2 Å². The third-order valence-corrected chi connectivity index (χ3v) is 5.21. The monoisotopic (exact) mass is 536 g/mol. The summed E-state index contributed by atoms with van der Waals surface area (Å²) in [5.74, 6) is -1.76. The maximum absolute atomic E-state index is 10.8. The molecule has 2 aliphatic carbocycles. The molecule has 2 N–H and O–H groups in total. The van der Waals surface area contributed by atoms with Gasteiger partial charge in [0.2, 0.25) is 0 Å². The Balaban J connectivity index is 0.000000189. The standard InChI is InChI=1S/2C11H8O2.2C5H5.CH2.Ti/c2*12-11(13)10-7-3-5-8-4-1-2-6-9(8)10;2*1-2-4-5-3-1;;/h2*1-7H,(H,12,13);2*1-3H,4H2;1H2;/q;;2*-1;;+2. The molecule has 38 heavy (non-hydrogen) atoms. The number of carboxylic acid groups (broad SMARTS) is 2. The van der Waals surface area contributed by atoms with Gasteiger partial charge in [0.1, 0.15) is 0 Å². The Labute approximate surface area is 234 Å². The van der Waals surface area contributed by atoms with Gasteiger partial charge >= 0.3 is 36.7 Å². The van der Waals surface area contributed by atoms with E-state index in [1.165, 1.54) is 0 Å². The van der Waals surface area contributed by atoms with Crippen molar-refractivity contribution in [1.29, 1.82) is 0 Å². The minimum atomic E-state index is -0.878. The van der Waals surface area contributed by atoms with E-state index in [1.54, 1.807) is 44.2 Å². The van der Waals surface area contributed by atoms with Crippen LogP contribution in [-0.2, 0) is 20.0 Å². The number of carbonyl (C=O) groups is 2. The first-order valence-corrected chi connectivity index (χ1v) is 12.9. The van der Waals surface area contributed by atoms with Crippen molar-refractivity contribution in [3.05, 3.63) is 145 Å². The number of allylic oxidation sites excluding steroid dienone is 8. The van der Waals surface area contributed by atoms with E-state index < -0.39 is 11.9 Å². The second kappa shape index (κ2) is 17.4. The molecule has 2 aliphatic rings. The van der Waals surface area contributed by atoms with Crippen molar-refractivity contribution >= 4 is 38.3 Å². The summed E-state index contributed by atoms with van der Waals surface area (Å²) < 4.78 is 0. The van der Waals surface area contributed by atoms with E-state index in [2.05, 4.69) is 29.1 Å². The van der Waals surface area contributed by atoms with Crippen LogP contribution in [0.15, 0.2) is 121 Å². The van der Waals surface area contributed by atoms with Gasteiger partial charge in [0.05, 0.1) is 11.1 Å². The van der Waals surface area contributed by atoms with Crippen molar-refractivity contribution in [3.8, 4) is 0 Å². The van der Waals surface area contributed by atoms with E-state index >= 15 is 0 Å². The number of aromatic carboxylic acids is 2. The normalized spacial score (nSPS) is 11.7. The molecule has 0 unspecified atom stereocenters. The van der Waals surface area contributed by atoms with Gasteiger partial charge in [-0.1, -0.05) is 72.8 Å². The van der Waals surface area contributed by atoms with Gasteiger partial charge in [0.25, 0.3) is 0 Å². The summed E-state index contributed by atoms with van der Waals surface area (Å²) in [7, 11) is 0. The van der Waals surface area contributed by atoms with Crippen LogP contribution in [0.2, 0.25) is 0 Å². The summed E-state index contributed by atoms with van der Waals surface area (Å²) in [5, 5.41) is 21.3. The number of rotatable bonds is 2. The van der Waals surface area contributed by atoms with Crippen molar-refractivity contribution in [1.82, 2.24) is 0 Å². The molecule has 0 aliphatic heterocycles. The first-order chi connectivity index (χ1) is 18.6. The molecular weight excluding hydrogens is 508 g/mol. The Morgan fingerprint density at radius 1 is 0.605 bits per heavy atom. The summed E-state index contributed by atoms with van der Waals surface area (Å²) >= 11 is 1.75. The van der Waals surface area contributed by atoms with Crippen LogP contribution in [0.5, 0.6) is 0 Å². The van der Waals surface area contributed by atoms with Crippen LogP contribution in [0, 0.1) is 12.2 Å². The molecule has 0 aromatic heterocycles. The SMILES string of the molecule is O=C(O)c1cccc2ccccc12.O=C(O)c1cccc2ccccc12.[C-]1=CC=CC1.[C-]1=CC=CC1.[CH2]=[Ti+2]. The third kappa shape index (κ3) is 9.74. The molecule has 6 rings (SSSR count). The van der Waals surface area contributed by atoms with E-state index in [9.17, 15) is 9.59 Å². The van der Waals surface area contributed by atoms with Crippen molar-refractivity contribution in [2.45, 2.75) is 12.8 Å². The Morgan fingerprint density at radius 2 is 0.974 bits per heavy atom. The zero-order valence-electron chi connectivity index (χ0n) is 20.9. The number of carboxylic acids is 2. The van der Waals surface area contributed by atoms with Crippen molar-refractivity contribution in [3.63, 3.8) is 0 Å². The average molecular weight is 536 g/mol. The Kier molecular flexibility index (Phi) is 13.8. The molecule has 0 radical (unpaired) electrons. The molecule has 0 spiro atoms. The van der Waals surface area contributed by atoms with Gasteiger partial charge in [-0.05, 0) is 33.7 Å². The minimum absolute atomic E-state index is 0.359. The van der Waals surface area contributed by atoms with Crippen molar-refractivity contribution in [2.75, 3.05) is 0 Å². The molecule has 4 nitrogen and oxygen atoms in total. The molecule has 0 amide bonds. The summed E-state index contributed by atoms with van der Waals surface area (Å²) in [6, 6.07) is 25.5. The molecule has 0 saturated heterocycles.